The van der Waals surface area contributed by atoms with Gasteiger partial charge in [-0.3, -0.25) is 14.4 Å². The fraction of sp³-hybridized carbons (Fsp3) is 0.417. The van der Waals surface area contributed by atoms with Crippen molar-refractivity contribution in [2.75, 3.05) is 13.1 Å². The lowest BCUT2D eigenvalue weighted by atomic mass is 9.91. The summed E-state index contributed by atoms with van der Waals surface area (Å²) in [4.78, 5) is 16.6. The Morgan fingerprint density at radius 3 is 2.73 bits per heavy atom. The number of carbonyl (C=O) groups excluding carboxylic acids is 1. The van der Waals surface area contributed by atoms with Gasteiger partial charge in [-0.15, -0.1) is 11.3 Å². The largest absolute Gasteiger partial charge is 0.346 e. The number of hydrogen-bond acceptors (Lipinski definition) is 4. The van der Waals surface area contributed by atoms with Crippen molar-refractivity contribution in [1.29, 1.82) is 0 Å². The maximum atomic E-state index is 12.8. The zero-order valence-electron chi connectivity index (χ0n) is 17.4. The molecular formula is C24H28N4OS. The van der Waals surface area contributed by atoms with Gasteiger partial charge >= 0.3 is 0 Å². The number of nitrogens with one attached hydrogen (secondary N) is 1. The number of carbonyl (C=O) groups is 1. The van der Waals surface area contributed by atoms with Crippen molar-refractivity contribution in [3.63, 3.8) is 0 Å². The molecule has 1 amide bonds. The third-order valence-electron chi connectivity index (χ3n) is 6.58. The number of aromatic nitrogens is 2. The topological polar surface area (TPSA) is 50.2 Å². The Morgan fingerprint density at radius 2 is 2.00 bits per heavy atom. The Balaban J connectivity index is 1.24. The number of aryl methyl sites for hydroxylation is 1. The summed E-state index contributed by atoms with van der Waals surface area (Å²) in [6, 6.07) is 13.2. The van der Waals surface area contributed by atoms with E-state index in [1.807, 2.05) is 23.9 Å². The fourth-order valence-corrected chi connectivity index (χ4v) is 5.17. The van der Waals surface area contributed by atoms with Gasteiger partial charge in [-0.1, -0.05) is 18.6 Å². The van der Waals surface area contributed by atoms with Crippen LogP contribution < -0.4 is 5.32 Å². The van der Waals surface area contributed by atoms with Crippen LogP contribution in [0.2, 0.25) is 0 Å². The summed E-state index contributed by atoms with van der Waals surface area (Å²) >= 11 is 1.67. The number of hydrogen-bond donors (Lipinski definition) is 1. The minimum absolute atomic E-state index is 0.0169. The summed E-state index contributed by atoms with van der Waals surface area (Å²) in [6.45, 7) is 2.74. The molecule has 2 aliphatic rings. The maximum Gasteiger partial charge on any atom is 0.251 e. The highest BCUT2D eigenvalue weighted by Crippen LogP contribution is 2.28. The Labute approximate surface area is 181 Å². The van der Waals surface area contributed by atoms with Gasteiger partial charge < -0.3 is 5.32 Å². The Morgan fingerprint density at radius 1 is 1.17 bits per heavy atom. The summed E-state index contributed by atoms with van der Waals surface area (Å²) in [5.41, 5.74) is 5.45. The van der Waals surface area contributed by atoms with E-state index in [0.717, 1.165) is 53.8 Å². The minimum Gasteiger partial charge on any atom is -0.346 e. The number of thiophene rings is 1. The average Bonchev–Trinajstić information content (AvgIpc) is 3.32. The number of fused-ring (bicyclic) bond motifs is 1. The lowest BCUT2D eigenvalue weighted by Gasteiger charge is -2.36. The number of rotatable bonds is 5. The quantitative estimate of drug-likeness (QED) is 0.678. The summed E-state index contributed by atoms with van der Waals surface area (Å²) < 4.78 is 1.85. The molecule has 1 aromatic carbocycles. The van der Waals surface area contributed by atoms with Crippen LogP contribution >= 0.6 is 11.3 Å². The van der Waals surface area contributed by atoms with Crippen LogP contribution in [0, 0.1) is 0 Å². The van der Waals surface area contributed by atoms with Crippen LogP contribution in [-0.4, -0.2) is 39.7 Å². The second-order valence-corrected chi connectivity index (χ2v) is 9.36. The third-order valence-corrected chi connectivity index (χ3v) is 7.47. The van der Waals surface area contributed by atoms with Crippen LogP contribution in [0.3, 0.4) is 0 Å². The second-order valence-electron chi connectivity index (χ2n) is 8.41. The van der Waals surface area contributed by atoms with Gasteiger partial charge in [0.1, 0.15) is 5.69 Å². The van der Waals surface area contributed by atoms with Crippen molar-refractivity contribution in [1.82, 2.24) is 20.0 Å². The van der Waals surface area contributed by atoms with E-state index in [2.05, 4.69) is 45.0 Å². The molecular weight excluding hydrogens is 392 g/mol. The van der Waals surface area contributed by atoms with Crippen LogP contribution in [0.15, 0.2) is 41.8 Å². The molecule has 1 aliphatic carbocycles. The van der Waals surface area contributed by atoms with Crippen molar-refractivity contribution >= 4 is 17.2 Å². The Kier molecular flexibility index (Phi) is 5.44. The molecule has 5 rings (SSSR count). The molecule has 1 aliphatic heterocycles. The summed E-state index contributed by atoms with van der Waals surface area (Å²) in [5, 5.41) is 9.70. The third kappa shape index (κ3) is 3.94. The van der Waals surface area contributed by atoms with Gasteiger partial charge in [-0.05, 0) is 66.5 Å². The smallest absolute Gasteiger partial charge is 0.251 e. The minimum atomic E-state index is -0.0169. The zero-order chi connectivity index (χ0) is 20.5. The van der Waals surface area contributed by atoms with Gasteiger partial charge in [0.15, 0.2) is 0 Å². The lowest BCUT2D eigenvalue weighted by Crippen LogP contribution is -2.41. The predicted octanol–water partition coefficient (Wildman–Crippen LogP) is 4.03. The first-order valence-electron chi connectivity index (χ1n) is 10.9. The van der Waals surface area contributed by atoms with Gasteiger partial charge in [0.05, 0.1) is 17.1 Å². The molecule has 0 saturated heterocycles. The Hall–Kier alpha value is -2.44. The fourth-order valence-electron chi connectivity index (χ4n) is 4.49. The molecule has 5 nitrogen and oxygen atoms in total. The maximum absolute atomic E-state index is 12.8. The van der Waals surface area contributed by atoms with Crippen molar-refractivity contribution in [2.45, 2.75) is 44.7 Å². The molecule has 3 heterocycles. The van der Waals surface area contributed by atoms with E-state index >= 15 is 0 Å². The molecule has 0 atom stereocenters. The van der Waals surface area contributed by atoms with Crippen molar-refractivity contribution in [3.05, 3.63) is 64.2 Å². The summed E-state index contributed by atoms with van der Waals surface area (Å²) in [5.74, 6) is -0.0169. The molecule has 2 aromatic heterocycles. The molecule has 0 spiro atoms. The first-order valence-corrected chi connectivity index (χ1v) is 11.8. The highest BCUT2D eigenvalue weighted by atomic mass is 32.1. The van der Waals surface area contributed by atoms with E-state index in [4.69, 9.17) is 0 Å². The van der Waals surface area contributed by atoms with E-state index < -0.39 is 0 Å². The second kappa shape index (κ2) is 8.36. The van der Waals surface area contributed by atoms with Crippen molar-refractivity contribution < 1.29 is 4.79 Å². The van der Waals surface area contributed by atoms with Crippen LogP contribution in [0.1, 0.15) is 46.4 Å². The van der Waals surface area contributed by atoms with E-state index in [1.54, 1.807) is 11.3 Å². The molecule has 1 saturated carbocycles. The van der Waals surface area contributed by atoms with E-state index in [1.165, 1.54) is 30.4 Å². The van der Waals surface area contributed by atoms with Crippen LogP contribution in [0.4, 0.5) is 0 Å². The van der Waals surface area contributed by atoms with Gasteiger partial charge in [0.2, 0.25) is 0 Å². The SMILES string of the molecule is Cn1nc(-c2cccs2)cc1CNC(=O)c1ccc2c(c1)CCN(C1CCC1)CC2. The number of amides is 1. The average molecular weight is 421 g/mol. The van der Waals surface area contributed by atoms with E-state index in [9.17, 15) is 4.79 Å². The number of benzene rings is 1. The Bertz CT molecular complexity index is 1040. The van der Waals surface area contributed by atoms with Crippen molar-refractivity contribution in [2.24, 2.45) is 7.05 Å². The lowest BCUT2D eigenvalue weighted by molar-refractivity contribution is 0.0950. The molecule has 6 heteroatoms. The highest BCUT2D eigenvalue weighted by Gasteiger charge is 2.26. The van der Waals surface area contributed by atoms with Gasteiger partial charge in [-0.2, -0.15) is 5.10 Å². The van der Waals surface area contributed by atoms with Gasteiger partial charge in [0, 0.05) is 31.7 Å². The molecule has 0 radical (unpaired) electrons. The van der Waals surface area contributed by atoms with Crippen LogP contribution in [-0.2, 0) is 26.4 Å². The molecule has 1 N–H and O–H groups in total. The molecule has 0 bridgehead atoms. The van der Waals surface area contributed by atoms with Crippen LogP contribution in [0.5, 0.6) is 0 Å². The van der Waals surface area contributed by atoms with Crippen molar-refractivity contribution in [3.8, 4) is 10.6 Å². The first kappa shape index (κ1) is 19.5. The first-order chi connectivity index (χ1) is 14.7. The molecule has 156 valence electrons. The van der Waals surface area contributed by atoms with E-state index in [0.29, 0.717) is 6.54 Å². The van der Waals surface area contributed by atoms with E-state index in [-0.39, 0.29) is 5.91 Å². The summed E-state index contributed by atoms with van der Waals surface area (Å²) in [7, 11) is 1.93. The normalized spacial score (nSPS) is 17.2. The highest BCUT2D eigenvalue weighted by molar-refractivity contribution is 7.13. The van der Waals surface area contributed by atoms with Gasteiger partial charge in [0.25, 0.3) is 5.91 Å². The van der Waals surface area contributed by atoms with Crippen LogP contribution in [0.25, 0.3) is 10.6 Å². The molecule has 3 aromatic rings. The zero-order valence-corrected chi connectivity index (χ0v) is 18.3. The predicted molar refractivity (Wildman–Crippen MR) is 121 cm³/mol. The molecule has 30 heavy (non-hydrogen) atoms. The molecule has 0 unspecified atom stereocenters. The molecule has 1 fully saturated rings. The monoisotopic (exact) mass is 420 g/mol. The number of nitrogens with zero attached hydrogens (tertiary/aromatic N) is 3. The standard InChI is InChI=1S/C24H28N4OS/c1-27-21(15-22(26-27)23-6-3-13-30-23)16-25-24(29)19-8-7-17-9-11-28(20-4-2-5-20)12-10-18(17)14-19/h3,6-8,13-15,20H,2,4-5,9-12,16H2,1H3,(H,25,29). The summed E-state index contributed by atoms with van der Waals surface area (Å²) in [6.07, 6.45) is 6.22. The van der Waals surface area contributed by atoms with Gasteiger partial charge in [-0.25, -0.2) is 0 Å².